The first-order valence-corrected chi connectivity index (χ1v) is 9.67. The highest BCUT2D eigenvalue weighted by Gasteiger charge is 2.46. The van der Waals surface area contributed by atoms with Gasteiger partial charge in [0.05, 0.1) is 6.61 Å². The van der Waals surface area contributed by atoms with Crippen LogP contribution >= 0.6 is 15.9 Å². The molecule has 4 nitrogen and oxygen atoms in total. The molecule has 0 saturated heterocycles. The smallest absolute Gasteiger partial charge is 0.315 e. The van der Waals surface area contributed by atoms with Crippen LogP contribution < -0.4 is 5.32 Å². The summed E-state index contributed by atoms with van der Waals surface area (Å²) in [7, 11) is 0. The van der Waals surface area contributed by atoms with Crippen LogP contribution in [0.5, 0.6) is 0 Å². The van der Waals surface area contributed by atoms with Crippen molar-refractivity contribution in [3.63, 3.8) is 0 Å². The molecule has 26 heavy (non-hydrogen) atoms. The third-order valence-electron chi connectivity index (χ3n) is 5.02. The monoisotopic (exact) mass is 417 g/mol. The molecule has 0 aromatic heterocycles. The molecule has 2 atom stereocenters. The van der Waals surface area contributed by atoms with Gasteiger partial charge < -0.3 is 10.1 Å². The average Bonchev–Trinajstić information content (AvgIpc) is 2.53. The Labute approximate surface area is 162 Å². The second-order valence-corrected chi connectivity index (χ2v) is 8.66. The highest BCUT2D eigenvalue weighted by molar-refractivity contribution is 9.10. The number of Topliss-reactive ketones (excluding diaryl/α,β-unsaturated/α-hetero) is 1. The number of carbonyl (C=O) groups is 2. The third kappa shape index (κ3) is 3.50. The minimum Gasteiger partial charge on any atom is -0.465 e. The Hall–Kier alpha value is -1.88. The van der Waals surface area contributed by atoms with E-state index in [9.17, 15) is 9.59 Å². The Morgan fingerprint density at radius 3 is 2.58 bits per heavy atom. The van der Waals surface area contributed by atoms with E-state index in [1.165, 1.54) is 0 Å². The van der Waals surface area contributed by atoms with Crippen molar-refractivity contribution in [1.29, 1.82) is 0 Å². The van der Waals surface area contributed by atoms with Gasteiger partial charge in [-0.2, -0.15) is 0 Å². The molecular weight excluding hydrogens is 394 g/mol. The van der Waals surface area contributed by atoms with Crippen LogP contribution in [-0.2, 0) is 14.3 Å². The maximum atomic E-state index is 13.0. The van der Waals surface area contributed by atoms with Gasteiger partial charge in [-0.05, 0) is 36.5 Å². The van der Waals surface area contributed by atoms with Gasteiger partial charge in [-0.15, -0.1) is 0 Å². The zero-order valence-electron chi connectivity index (χ0n) is 15.4. The Bertz CT molecular complexity index is 792. The number of rotatable bonds is 3. The molecule has 0 amide bonds. The number of carbonyl (C=O) groups excluding carboxylic acids is 2. The second kappa shape index (κ2) is 7.03. The van der Waals surface area contributed by atoms with Crippen molar-refractivity contribution in [3.05, 3.63) is 57.8 Å². The fourth-order valence-corrected chi connectivity index (χ4v) is 4.25. The Kier molecular flexibility index (Phi) is 5.11. The summed E-state index contributed by atoms with van der Waals surface area (Å²) in [6.07, 6.45) is 1.23. The number of hydrogen-bond donors (Lipinski definition) is 1. The van der Waals surface area contributed by atoms with Crippen LogP contribution in [0.25, 0.3) is 0 Å². The minimum absolute atomic E-state index is 0.0958. The summed E-state index contributed by atoms with van der Waals surface area (Å²) < 4.78 is 6.25. The van der Waals surface area contributed by atoms with Gasteiger partial charge in [0.1, 0.15) is 5.92 Å². The first kappa shape index (κ1) is 18.9. The number of esters is 1. The fraction of sp³-hybridized carbons (Fsp3) is 0.429. The summed E-state index contributed by atoms with van der Waals surface area (Å²) in [5, 5.41) is 3.26. The van der Waals surface area contributed by atoms with E-state index in [1.54, 1.807) is 6.92 Å². The Morgan fingerprint density at radius 2 is 1.96 bits per heavy atom. The van der Waals surface area contributed by atoms with Crippen LogP contribution in [0.15, 0.2) is 52.3 Å². The van der Waals surface area contributed by atoms with Gasteiger partial charge in [-0.1, -0.05) is 48.5 Å². The van der Waals surface area contributed by atoms with E-state index in [4.69, 9.17) is 4.74 Å². The second-order valence-electron chi connectivity index (χ2n) is 7.74. The molecule has 0 fully saturated rings. The van der Waals surface area contributed by atoms with E-state index in [1.807, 2.05) is 24.3 Å². The van der Waals surface area contributed by atoms with Crippen LogP contribution in [0, 0.1) is 11.3 Å². The van der Waals surface area contributed by atoms with Crippen molar-refractivity contribution in [2.75, 3.05) is 6.61 Å². The molecule has 0 radical (unpaired) electrons. The minimum atomic E-state index is -0.611. The summed E-state index contributed by atoms with van der Waals surface area (Å²) in [5.41, 5.74) is 3.02. The summed E-state index contributed by atoms with van der Waals surface area (Å²) in [6, 6.07) is 7.77. The maximum Gasteiger partial charge on any atom is 0.315 e. The fourth-order valence-electron chi connectivity index (χ4n) is 3.99. The van der Waals surface area contributed by atoms with Gasteiger partial charge in [0.15, 0.2) is 5.78 Å². The lowest BCUT2D eigenvalue weighted by atomic mass is 9.66. The van der Waals surface area contributed by atoms with Gasteiger partial charge in [0, 0.05) is 33.8 Å². The molecule has 3 rings (SSSR count). The molecule has 0 spiro atoms. The highest BCUT2D eigenvalue weighted by Crippen LogP contribution is 2.48. The summed E-state index contributed by atoms with van der Waals surface area (Å²) in [6.45, 7) is 10.3. The number of benzene rings is 1. The van der Waals surface area contributed by atoms with Gasteiger partial charge in [-0.25, -0.2) is 0 Å². The number of ketones is 1. The molecule has 1 aliphatic carbocycles. The molecule has 0 saturated carbocycles. The zero-order valence-corrected chi connectivity index (χ0v) is 17.0. The van der Waals surface area contributed by atoms with Crippen molar-refractivity contribution in [3.8, 4) is 0 Å². The molecule has 1 aromatic rings. The van der Waals surface area contributed by atoms with E-state index < -0.39 is 5.92 Å². The third-order valence-corrected chi connectivity index (χ3v) is 5.55. The predicted molar refractivity (Wildman–Crippen MR) is 104 cm³/mol. The Balaban J connectivity index is 2.15. The van der Waals surface area contributed by atoms with E-state index in [0.717, 1.165) is 22.2 Å². The molecular formula is C21H24BrNO3. The average molecular weight is 418 g/mol. The van der Waals surface area contributed by atoms with Crippen molar-refractivity contribution in [2.24, 2.45) is 11.3 Å². The maximum absolute atomic E-state index is 13.0. The van der Waals surface area contributed by atoms with Crippen LogP contribution in [0.4, 0.5) is 0 Å². The Morgan fingerprint density at radius 1 is 1.31 bits per heavy atom. The molecule has 2 aliphatic rings. The topological polar surface area (TPSA) is 55.4 Å². The van der Waals surface area contributed by atoms with Crippen molar-refractivity contribution in [1.82, 2.24) is 5.32 Å². The summed E-state index contributed by atoms with van der Waals surface area (Å²) in [4.78, 5) is 25.7. The zero-order chi connectivity index (χ0) is 19.1. The van der Waals surface area contributed by atoms with Crippen LogP contribution in [0.2, 0.25) is 0 Å². The first-order valence-electron chi connectivity index (χ1n) is 8.87. The van der Waals surface area contributed by atoms with Crippen LogP contribution in [-0.4, -0.2) is 18.4 Å². The highest BCUT2D eigenvalue weighted by atomic mass is 79.9. The molecule has 0 bridgehead atoms. The lowest BCUT2D eigenvalue weighted by molar-refractivity contribution is -0.147. The SMILES string of the molecule is C=C1NC2=C(C(=O)CC(C)(C)C2)C(c2ccc(Br)cc2)C1C(=O)OCC. The standard InChI is InChI=1S/C21H24BrNO3/c1-5-26-20(25)17-12(2)23-15-10-21(3,4)11-16(24)19(15)18(17)13-6-8-14(22)9-7-13/h6-9,17-18,23H,2,5,10-11H2,1,3-4H3. The van der Waals surface area contributed by atoms with E-state index in [2.05, 4.69) is 41.7 Å². The van der Waals surface area contributed by atoms with Crippen LogP contribution in [0.1, 0.15) is 45.1 Å². The van der Waals surface area contributed by atoms with Gasteiger partial charge in [0.2, 0.25) is 0 Å². The van der Waals surface area contributed by atoms with E-state index in [-0.39, 0.29) is 23.1 Å². The number of halogens is 1. The van der Waals surface area contributed by atoms with Crippen molar-refractivity contribution in [2.45, 2.75) is 39.5 Å². The molecule has 138 valence electrons. The largest absolute Gasteiger partial charge is 0.465 e. The van der Waals surface area contributed by atoms with Gasteiger partial charge >= 0.3 is 5.97 Å². The summed E-state index contributed by atoms with van der Waals surface area (Å²) >= 11 is 3.45. The molecule has 5 heteroatoms. The van der Waals surface area contributed by atoms with Gasteiger partial charge in [0.25, 0.3) is 0 Å². The lowest BCUT2D eigenvalue weighted by Gasteiger charge is -2.42. The first-order chi connectivity index (χ1) is 12.2. The van der Waals surface area contributed by atoms with Crippen molar-refractivity contribution >= 4 is 27.7 Å². The molecule has 2 unspecified atom stereocenters. The molecule has 1 aromatic carbocycles. The molecule has 1 aliphatic heterocycles. The van der Waals surface area contributed by atoms with Gasteiger partial charge in [-0.3, -0.25) is 9.59 Å². The van der Waals surface area contributed by atoms with Crippen LogP contribution in [0.3, 0.4) is 0 Å². The number of ether oxygens (including phenoxy) is 1. The normalized spacial score (nSPS) is 24.8. The van der Waals surface area contributed by atoms with E-state index in [0.29, 0.717) is 24.3 Å². The number of nitrogens with one attached hydrogen (secondary N) is 1. The van der Waals surface area contributed by atoms with E-state index >= 15 is 0 Å². The predicted octanol–water partition coefficient (Wildman–Crippen LogP) is 4.47. The summed E-state index contributed by atoms with van der Waals surface area (Å²) in [5.74, 6) is -1.23. The molecule has 1 heterocycles. The number of allylic oxidation sites excluding steroid dienone is 2. The molecule has 1 N–H and O–H groups in total. The van der Waals surface area contributed by atoms with Crippen molar-refractivity contribution < 1.29 is 14.3 Å². The lowest BCUT2D eigenvalue weighted by Crippen LogP contribution is -2.43. The number of hydrogen-bond acceptors (Lipinski definition) is 4. The quantitative estimate of drug-likeness (QED) is 0.736.